The molecule has 0 saturated carbocycles. The summed E-state index contributed by atoms with van der Waals surface area (Å²) in [6.07, 6.45) is 3.24. The quantitative estimate of drug-likeness (QED) is 0.753. The summed E-state index contributed by atoms with van der Waals surface area (Å²) in [5, 5.41) is 0. The number of carbonyl (C=O) groups excluding carboxylic acids is 1. The van der Waals surface area contributed by atoms with Crippen LogP contribution in [0, 0.1) is 0 Å². The van der Waals surface area contributed by atoms with E-state index in [-0.39, 0.29) is 11.8 Å². The number of carbonyl (C=O) groups is 1. The first-order chi connectivity index (χ1) is 8.24. The fourth-order valence-corrected chi connectivity index (χ4v) is 1.56. The van der Waals surface area contributed by atoms with Crippen LogP contribution in [0.15, 0.2) is 30.3 Å². The van der Waals surface area contributed by atoms with Gasteiger partial charge in [-0.3, -0.25) is 4.79 Å². The standard InChI is InChI=1S/C14H21NO2/c1-2-3-9-13(15)14(16)10-11-17-12-7-5-4-6-8-12/h4-8,13H,2-3,9-11,15H2,1H3. The largest absolute Gasteiger partial charge is 0.493 e. The van der Waals surface area contributed by atoms with Crippen LogP contribution in [-0.4, -0.2) is 18.4 Å². The van der Waals surface area contributed by atoms with Gasteiger partial charge in [0.2, 0.25) is 0 Å². The smallest absolute Gasteiger partial charge is 0.152 e. The Bertz CT molecular complexity index is 324. The van der Waals surface area contributed by atoms with Gasteiger partial charge in [0.05, 0.1) is 12.6 Å². The van der Waals surface area contributed by atoms with Crippen molar-refractivity contribution in [2.45, 2.75) is 38.6 Å². The highest BCUT2D eigenvalue weighted by Gasteiger charge is 2.12. The van der Waals surface area contributed by atoms with Crippen molar-refractivity contribution in [1.82, 2.24) is 0 Å². The van der Waals surface area contributed by atoms with E-state index in [9.17, 15) is 4.79 Å². The second-order valence-electron chi connectivity index (χ2n) is 4.13. The molecule has 0 radical (unpaired) electrons. The Morgan fingerprint density at radius 3 is 2.71 bits per heavy atom. The topological polar surface area (TPSA) is 52.3 Å². The molecule has 0 aromatic heterocycles. The minimum atomic E-state index is -0.325. The normalized spacial score (nSPS) is 12.1. The molecule has 17 heavy (non-hydrogen) atoms. The fourth-order valence-electron chi connectivity index (χ4n) is 1.56. The first-order valence-electron chi connectivity index (χ1n) is 6.20. The van der Waals surface area contributed by atoms with Crippen molar-refractivity contribution < 1.29 is 9.53 Å². The van der Waals surface area contributed by atoms with Crippen LogP contribution < -0.4 is 10.5 Å². The number of rotatable bonds is 8. The number of benzene rings is 1. The number of unbranched alkanes of at least 4 members (excludes halogenated alkanes) is 1. The molecule has 0 bridgehead atoms. The van der Waals surface area contributed by atoms with E-state index in [1.165, 1.54) is 0 Å². The van der Waals surface area contributed by atoms with E-state index in [2.05, 4.69) is 6.92 Å². The molecule has 1 aromatic carbocycles. The first-order valence-corrected chi connectivity index (χ1v) is 6.20. The van der Waals surface area contributed by atoms with Gasteiger partial charge in [0.25, 0.3) is 0 Å². The van der Waals surface area contributed by atoms with Crippen LogP contribution in [0.2, 0.25) is 0 Å². The SMILES string of the molecule is CCCCC(N)C(=O)CCOc1ccccc1. The van der Waals surface area contributed by atoms with E-state index >= 15 is 0 Å². The van der Waals surface area contributed by atoms with Gasteiger partial charge in [0.1, 0.15) is 5.75 Å². The maximum absolute atomic E-state index is 11.6. The second-order valence-corrected chi connectivity index (χ2v) is 4.13. The van der Waals surface area contributed by atoms with E-state index < -0.39 is 0 Å². The van der Waals surface area contributed by atoms with Crippen molar-refractivity contribution in [1.29, 1.82) is 0 Å². The molecule has 0 aliphatic heterocycles. The molecule has 94 valence electrons. The zero-order valence-electron chi connectivity index (χ0n) is 10.4. The molecule has 1 aromatic rings. The lowest BCUT2D eigenvalue weighted by molar-refractivity contribution is -0.120. The number of nitrogens with two attached hydrogens (primary N) is 1. The predicted molar refractivity (Wildman–Crippen MR) is 69.1 cm³/mol. The Labute approximate surface area is 103 Å². The van der Waals surface area contributed by atoms with Crippen LogP contribution >= 0.6 is 0 Å². The first kappa shape index (κ1) is 13.7. The van der Waals surface area contributed by atoms with Gasteiger partial charge in [-0.25, -0.2) is 0 Å². The molecule has 0 spiro atoms. The van der Waals surface area contributed by atoms with Gasteiger partial charge < -0.3 is 10.5 Å². The molecule has 3 heteroatoms. The summed E-state index contributed by atoms with van der Waals surface area (Å²) in [6, 6.07) is 9.17. The summed E-state index contributed by atoms with van der Waals surface area (Å²) < 4.78 is 5.45. The molecule has 0 aliphatic carbocycles. The zero-order chi connectivity index (χ0) is 12.5. The monoisotopic (exact) mass is 235 g/mol. The highest BCUT2D eigenvalue weighted by atomic mass is 16.5. The van der Waals surface area contributed by atoms with Crippen molar-refractivity contribution in [3.05, 3.63) is 30.3 Å². The third kappa shape index (κ3) is 5.50. The molecule has 2 N–H and O–H groups in total. The van der Waals surface area contributed by atoms with Crippen molar-refractivity contribution in [3.63, 3.8) is 0 Å². The summed E-state index contributed by atoms with van der Waals surface area (Å²) in [6.45, 7) is 2.50. The van der Waals surface area contributed by atoms with Crippen molar-refractivity contribution in [2.75, 3.05) is 6.61 Å². The van der Waals surface area contributed by atoms with Crippen LogP contribution in [-0.2, 0) is 4.79 Å². The fraction of sp³-hybridized carbons (Fsp3) is 0.500. The van der Waals surface area contributed by atoms with Gasteiger partial charge >= 0.3 is 0 Å². The number of hydrogen-bond donors (Lipinski definition) is 1. The van der Waals surface area contributed by atoms with E-state index in [0.717, 1.165) is 25.0 Å². The minimum absolute atomic E-state index is 0.0920. The van der Waals surface area contributed by atoms with Crippen molar-refractivity contribution in [2.24, 2.45) is 5.73 Å². The lowest BCUT2D eigenvalue weighted by Gasteiger charge is -2.10. The van der Waals surface area contributed by atoms with E-state index in [1.54, 1.807) is 0 Å². The zero-order valence-corrected chi connectivity index (χ0v) is 10.4. The van der Waals surface area contributed by atoms with Crippen LogP contribution in [0.1, 0.15) is 32.6 Å². The second kappa shape index (κ2) is 7.85. The summed E-state index contributed by atoms with van der Waals surface area (Å²) in [5.41, 5.74) is 5.78. The van der Waals surface area contributed by atoms with Gasteiger partial charge in [-0.15, -0.1) is 0 Å². The molecule has 1 unspecified atom stereocenters. The number of Topliss-reactive ketones (excluding diaryl/α,β-unsaturated/α-hetero) is 1. The van der Waals surface area contributed by atoms with Gasteiger partial charge in [-0.1, -0.05) is 38.0 Å². The van der Waals surface area contributed by atoms with Gasteiger partial charge in [0.15, 0.2) is 5.78 Å². The van der Waals surface area contributed by atoms with Gasteiger partial charge in [0, 0.05) is 6.42 Å². The third-order valence-corrected chi connectivity index (χ3v) is 2.64. The molecule has 0 aliphatic rings. The number of ketones is 1. The average molecular weight is 235 g/mol. The number of para-hydroxylation sites is 1. The summed E-state index contributed by atoms with van der Waals surface area (Å²) >= 11 is 0. The minimum Gasteiger partial charge on any atom is -0.493 e. The Kier molecular flexibility index (Phi) is 6.33. The molecule has 1 atom stereocenters. The van der Waals surface area contributed by atoms with E-state index in [4.69, 9.17) is 10.5 Å². The molecule has 3 nitrogen and oxygen atoms in total. The molecule has 1 rings (SSSR count). The molecular weight excluding hydrogens is 214 g/mol. The summed E-state index contributed by atoms with van der Waals surface area (Å²) in [7, 11) is 0. The summed E-state index contributed by atoms with van der Waals surface area (Å²) in [5.74, 6) is 0.886. The highest BCUT2D eigenvalue weighted by Crippen LogP contribution is 2.09. The summed E-state index contributed by atoms with van der Waals surface area (Å²) in [4.78, 5) is 11.6. The molecule has 0 amide bonds. The van der Waals surface area contributed by atoms with Gasteiger partial charge in [-0.2, -0.15) is 0 Å². The van der Waals surface area contributed by atoms with Gasteiger partial charge in [-0.05, 0) is 18.6 Å². The molecule has 0 heterocycles. The van der Waals surface area contributed by atoms with E-state index in [1.807, 2.05) is 30.3 Å². The lowest BCUT2D eigenvalue weighted by atomic mass is 10.0. The molecule has 0 fully saturated rings. The van der Waals surface area contributed by atoms with E-state index in [0.29, 0.717) is 13.0 Å². The molecule has 0 saturated heterocycles. The van der Waals surface area contributed by atoms with Crippen LogP contribution in [0.4, 0.5) is 0 Å². The number of hydrogen-bond acceptors (Lipinski definition) is 3. The van der Waals surface area contributed by atoms with Crippen LogP contribution in [0.25, 0.3) is 0 Å². The van der Waals surface area contributed by atoms with Crippen LogP contribution in [0.3, 0.4) is 0 Å². The maximum atomic E-state index is 11.6. The Hall–Kier alpha value is -1.35. The maximum Gasteiger partial charge on any atom is 0.152 e. The Morgan fingerprint density at radius 2 is 2.06 bits per heavy atom. The van der Waals surface area contributed by atoms with Crippen molar-refractivity contribution in [3.8, 4) is 5.75 Å². The third-order valence-electron chi connectivity index (χ3n) is 2.64. The predicted octanol–water partition coefficient (Wildman–Crippen LogP) is 2.54. The Morgan fingerprint density at radius 1 is 1.35 bits per heavy atom. The highest BCUT2D eigenvalue weighted by molar-refractivity contribution is 5.83. The molecular formula is C14H21NO2. The Balaban J connectivity index is 2.20. The lowest BCUT2D eigenvalue weighted by Crippen LogP contribution is -2.31. The van der Waals surface area contributed by atoms with Crippen LogP contribution in [0.5, 0.6) is 5.75 Å². The number of ether oxygens (including phenoxy) is 1. The average Bonchev–Trinajstić information content (AvgIpc) is 2.37. The van der Waals surface area contributed by atoms with Crippen molar-refractivity contribution >= 4 is 5.78 Å².